The summed E-state index contributed by atoms with van der Waals surface area (Å²) >= 11 is 0. The summed E-state index contributed by atoms with van der Waals surface area (Å²) in [6.45, 7) is 10.7. The van der Waals surface area contributed by atoms with Gasteiger partial charge in [-0.15, -0.1) is 24.0 Å². The summed E-state index contributed by atoms with van der Waals surface area (Å²) in [5.41, 5.74) is 6.19. The summed E-state index contributed by atoms with van der Waals surface area (Å²) in [5.74, 6) is 0.912. The molecule has 0 aliphatic heterocycles. The Bertz CT molecular complexity index is 697. The van der Waals surface area contributed by atoms with Crippen LogP contribution in [0.2, 0.25) is 0 Å². The van der Waals surface area contributed by atoms with Crippen LogP contribution >= 0.6 is 24.0 Å². The number of aliphatic imine (C=N–C) groups is 1. The van der Waals surface area contributed by atoms with E-state index in [1.807, 2.05) is 18.2 Å². The molecule has 2 rings (SSSR count). The van der Waals surface area contributed by atoms with Crippen molar-refractivity contribution in [3.05, 3.63) is 29.8 Å². The summed E-state index contributed by atoms with van der Waals surface area (Å²) < 4.78 is 11.4. The largest absolute Gasteiger partial charge is 0.484 e. The van der Waals surface area contributed by atoms with Gasteiger partial charge in [0.15, 0.2) is 12.6 Å². The molecule has 1 aromatic rings. The lowest BCUT2D eigenvalue weighted by Gasteiger charge is -2.52. The molecular formula is C22H37IN4O3. The first kappa shape index (κ1) is 26.5. The van der Waals surface area contributed by atoms with Gasteiger partial charge in [-0.1, -0.05) is 39.3 Å². The Morgan fingerprint density at radius 3 is 2.73 bits per heavy atom. The molecule has 0 radical (unpaired) electrons. The third-order valence-corrected chi connectivity index (χ3v) is 5.35. The minimum Gasteiger partial charge on any atom is -0.484 e. The number of nitrogens with zero attached hydrogens (tertiary/aromatic N) is 1. The number of benzene rings is 1. The molecule has 1 aromatic carbocycles. The summed E-state index contributed by atoms with van der Waals surface area (Å²) in [6, 6.07) is 7.86. The predicted molar refractivity (Wildman–Crippen MR) is 131 cm³/mol. The molecule has 1 aliphatic rings. The molecule has 7 nitrogen and oxygen atoms in total. The van der Waals surface area contributed by atoms with Gasteiger partial charge in [0.25, 0.3) is 5.91 Å². The van der Waals surface area contributed by atoms with Gasteiger partial charge in [-0.3, -0.25) is 4.79 Å². The van der Waals surface area contributed by atoms with Crippen LogP contribution in [-0.2, 0) is 16.1 Å². The summed E-state index contributed by atoms with van der Waals surface area (Å²) in [7, 11) is 0. The molecule has 0 spiro atoms. The second-order valence-electron chi connectivity index (χ2n) is 8.06. The van der Waals surface area contributed by atoms with Gasteiger partial charge in [0, 0.05) is 24.6 Å². The lowest BCUT2D eigenvalue weighted by molar-refractivity contribution is -0.119. The number of guanidine groups is 1. The molecule has 8 heteroatoms. The number of amides is 1. The highest BCUT2D eigenvalue weighted by Crippen LogP contribution is 2.42. The average molecular weight is 532 g/mol. The highest BCUT2D eigenvalue weighted by molar-refractivity contribution is 14.0. The predicted octanol–water partition coefficient (Wildman–Crippen LogP) is 3.21. The maximum absolute atomic E-state index is 10.9. The number of hydrogen-bond donors (Lipinski definition) is 3. The van der Waals surface area contributed by atoms with Crippen molar-refractivity contribution >= 4 is 35.8 Å². The average Bonchev–Trinajstić information content (AvgIpc) is 2.69. The lowest BCUT2D eigenvalue weighted by atomic mass is 9.64. The number of nitrogens with one attached hydrogen (secondary N) is 2. The second-order valence-corrected chi connectivity index (χ2v) is 8.06. The van der Waals surface area contributed by atoms with Crippen molar-refractivity contribution in [1.29, 1.82) is 0 Å². The van der Waals surface area contributed by atoms with Crippen LogP contribution in [0.25, 0.3) is 0 Å². The number of carbonyl (C=O) groups is 1. The minimum absolute atomic E-state index is 0. The van der Waals surface area contributed by atoms with Crippen molar-refractivity contribution in [3.63, 3.8) is 0 Å². The van der Waals surface area contributed by atoms with Crippen LogP contribution in [0.5, 0.6) is 5.75 Å². The van der Waals surface area contributed by atoms with Gasteiger partial charge in [-0.05, 0) is 37.5 Å². The number of ether oxygens (including phenoxy) is 2. The third-order valence-electron chi connectivity index (χ3n) is 5.35. The number of unbranched alkanes of at least 4 members (excludes halogenated alkanes) is 1. The van der Waals surface area contributed by atoms with Gasteiger partial charge >= 0.3 is 0 Å². The molecule has 0 bridgehead atoms. The molecule has 4 N–H and O–H groups in total. The van der Waals surface area contributed by atoms with Crippen molar-refractivity contribution < 1.29 is 14.3 Å². The van der Waals surface area contributed by atoms with Gasteiger partial charge in [-0.25, -0.2) is 4.99 Å². The second kappa shape index (κ2) is 13.0. The van der Waals surface area contributed by atoms with Crippen molar-refractivity contribution in [3.8, 4) is 5.75 Å². The normalized spacial score (nSPS) is 19.9. The van der Waals surface area contributed by atoms with E-state index in [2.05, 4.69) is 38.3 Å². The van der Waals surface area contributed by atoms with Crippen molar-refractivity contribution in [2.45, 2.75) is 65.6 Å². The van der Waals surface area contributed by atoms with Gasteiger partial charge in [0.05, 0.1) is 12.6 Å². The highest BCUT2D eigenvalue weighted by atomic mass is 127. The van der Waals surface area contributed by atoms with E-state index in [-0.39, 0.29) is 42.1 Å². The lowest BCUT2D eigenvalue weighted by Crippen LogP contribution is -2.63. The van der Waals surface area contributed by atoms with Crippen molar-refractivity contribution in [1.82, 2.24) is 10.6 Å². The maximum atomic E-state index is 10.9. The van der Waals surface area contributed by atoms with E-state index in [4.69, 9.17) is 20.2 Å². The van der Waals surface area contributed by atoms with Crippen LogP contribution < -0.4 is 21.1 Å². The molecule has 1 amide bonds. The molecular weight excluding hydrogens is 495 g/mol. The van der Waals surface area contributed by atoms with E-state index in [1.165, 1.54) is 0 Å². The van der Waals surface area contributed by atoms with E-state index in [1.54, 1.807) is 6.07 Å². The fraction of sp³-hybridized carbons (Fsp3) is 0.636. The van der Waals surface area contributed by atoms with Crippen molar-refractivity contribution in [2.24, 2.45) is 16.1 Å². The molecule has 170 valence electrons. The van der Waals surface area contributed by atoms with E-state index >= 15 is 0 Å². The first-order chi connectivity index (χ1) is 13.9. The zero-order chi connectivity index (χ0) is 21.3. The Labute approximate surface area is 197 Å². The molecule has 2 atom stereocenters. The monoisotopic (exact) mass is 532 g/mol. The fourth-order valence-electron chi connectivity index (χ4n) is 3.33. The SMILES string of the molecule is CCCCOC1CC(NC(=NCc2cccc(OCC(N)=O)c2)NCC)C1(C)C.I. The molecule has 2 unspecified atom stereocenters. The zero-order valence-corrected chi connectivity index (χ0v) is 20.9. The first-order valence-electron chi connectivity index (χ1n) is 10.5. The van der Waals surface area contributed by atoms with Crippen LogP contribution in [0, 0.1) is 5.41 Å². The standard InChI is InChI=1S/C22H36N4O3.HI/c1-5-7-11-28-19-13-18(22(19,3)4)26-21(24-6-2)25-14-16-9-8-10-17(12-16)29-15-20(23)27;/h8-10,12,18-19H,5-7,11,13-15H2,1-4H3,(H2,23,27)(H2,24,25,26);1H. The Hall–Kier alpha value is -1.55. The van der Waals surface area contributed by atoms with Crippen LogP contribution in [0.15, 0.2) is 29.3 Å². The number of carbonyl (C=O) groups excluding carboxylic acids is 1. The quantitative estimate of drug-likeness (QED) is 0.176. The summed E-state index contributed by atoms with van der Waals surface area (Å²) in [6.07, 6.45) is 3.53. The van der Waals surface area contributed by atoms with Crippen LogP contribution in [0.4, 0.5) is 0 Å². The number of hydrogen-bond acceptors (Lipinski definition) is 4. The number of nitrogens with two attached hydrogens (primary N) is 1. The summed E-state index contributed by atoms with van der Waals surface area (Å²) in [4.78, 5) is 15.6. The molecule has 1 aliphatic carbocycles. The maximum Gasteiger partial charge on any atom is 0.255 e. The van der Waals surface area contributed by atoms with Crippen LogP contribution in [-0.4, -0.2) is 43.8 Å². The van der Waals surface area contributed by atoms with Gasteiger partial charge in [-0.2, -0.15) is 0 Å². The van der Waals surface area contributed by atoms with E-state index in [9.17, 15) is 4.79 Å². The molecule has 30 heavy (non-hydrogen) atoms. The number of rotatable bonds is 11. The smallest absolute Gasteiger partial charge is 0.255 e. The summed E-state index contributed by atoms with van der Waals surface area (Å²) in [5, 5.41) is 6.87. The Morgan fingerprint density at radius 2 is 2.10 bits per heavy atom. The molecule has 1 fully saturated rings. The number of primary amides is 1. The van der Waals surface area contributed by atoms with E-state index in [0.717, 1.165) is 43.9 Å². The van der Waals surface area contributed by atoms with Crippen LogP contribution in [0.1, 0.15) is 52.5 Å². The third kappa shape index (κ3) is 7.94. The fourth-order valence-corrected chi connectivity index (χ4v) is 3.33. The zero-order valence-electron chi connectivity index (χ0n) is 18.6. The number of halogens is 1. The van der Waals surface area contributed by atoms with Gasteiger partial charge in [0.2, 0.25) is 0 Å². The van der Waals surface area contributed by atoms with Crippen LogP contribution in [0.3, 0.4) is 0 Å². The minimum atomic E-state index is -0.493. The molecule has 0 aromatic heterocycles. The highest BCUT2D eigenvalue weighted by Gasteiger charge is 2.49. The van der Waals surface area contributed by atoms with E-state index < -0.39 is 5.91 Å². The Balaban J connectivity index is 0.00000450. The van der Waals surface area contributed by atoms with Crippen molar-refractivity contribution in [2.75, 3.05) is 19.8 Å². The van der Waals surface area contributed by atoms with Gasteiger partial charge in [0.1, 0.15) is 5.75 Å². The Morgan fingerprint density at radius 1 is 1.33 bits per heavy atom. The first-order valence-corrected chi connectivity index (χ1v) is 10.5. The van der Waals surface area contributed by atoms with E-state index in [0.29, 0.717) is 18.3 Å². The van der Waals surface area contributed by atoms with Gasteiger partial charge < -0.3 is 25.8 Å². The Kier molecular flexibility index (Phi) is 11.5. The molecule has 0 saturated heterocycles. The topological polar surface area (TPSA) is 98.0 Å². The molecule has 0 heterocycles. The molecule has 1 saturated carbocycles.